The minimum Gasteiger partial charge on any atom is -0.339 e. The molecule has 1 heterocycles. The maximum absolute atomic E-state index is 12.7. The third kappa shape index (κ3) is 2.64. The molecule has 1 aliphatic heterocycles. The molecule has 5 nitrogen and oxygen atoms in total. The molecule has 1 aliphatic carbocycles. The van der Waals surface area contributed by atoms with Gasteiger partial charge in [0.1, 0.15) is 0 Å². The van der Waals surface area contributed by atoms with E-state index in [-0.39, 0.29) is 23.8 Å². The first-order chi connectivity index (χ1) is 10.9. The Kier molecular flexibility index (Phi) is 3.96. The van der Waals surface area contributed by atoms with Crippen molar-refractivity contribution in [3.8, 4) is 0 Å². The van der Waals surface area contributed by atoms with Crippen LogP contribution in [0, 0.1) is 5.92 Å². The monoisotopic (exact) mass is 314 g/mol. The van der Waals surface area contributed by atoms with Gasteiger partial charge in [0.2, 0.25) is 0 Å². The van der Waals surface area contributed by atoms with Crippen LogP contribution in [-0.2, 0) is 0 Å². The zero-order chi connectivity index (χ0) is 16.7. The Morgan fingerprint density at radius 3 is 2.35 bits per heavy atom. The van der Waals surface area contributed by atoms with Crippen molar-refractivity contribution in [1.82, 2.24) is 9.80 Å². The van der Waals surface area contributed by atoms with Crippen molar-refractivity contribution in [2.45, 2.75) is 38.6 Å². The van der Waals surface area contributed by atoms with Crippen molar-refractivity contribution in [2.24, 2.45) is 5.92 Å². The largest absolute Gasteiger partial charge is 0.339 e. The molecule has 122 valence electrons. The maximum atomic E-state index is 12.7. The number of hydrogen-bond acceptors (Lipinski definition) is 3. The van der Waals surface area contributed by atoms with Crippen LogP contribution in [0.5, 0.6) is 0 Å². The zero-order valence-electron chi connectivity index (χ0n) is 13.8. The van der Waals surface area contributed by atoms with Crippen molar-refractivity contribution in [3.63, 3.8) is 0 Å². The van der Waals surface area contributed by atoms with Crippen LogP contribution >= 0.6 is 0 Å². The second-order valence-electron chi connectivity index (χ2n) is 6.76. The van der Waals surface area contributed by atoms with Gasteiger partial charge in [-0.05, 0) is 49.8 Å². The van der Waals surface area contributed by atoms with Gasteiger partial charge in [-0.1, -0.05) is 6.92 Å². The molecule has 0 radical (unpaired) electrons. The molecule has 1 saturated carbocycles. The Bertz CT molecular complexity index is 675. The van der Waals surface area contributed by atoms with E-state index in [9.17, 15) is 14.4 Å². The number of carbonyl (C=O) groups excluding carboxylic acids is 3. The molecule has 0 bridgehead atoms. The summed E-state index contributed by atoms with van der Waals surface area (Å²) in [5, 5.41) is 0. The van der Waals surface area contributed by atoms with Gasteiger partial charge in [0.15, 0.2) is 0 Å². The van der Waals surface area contributed by atoms with Gasteiger partial charge >= 0.3 is 0 Å². The number of hydrogen-bond donors (Lipinski definition) is 0. The molecular formula is C18H22N2O3. The number of carbonyl (C=O) groups is 3. The van der Waals surface area contributed by atoms with Crippen LogP contribution in [-0.4, -0.2) is 47.7 Å². The molecule has 0 saturated heterocycles. The first-order valence-corrected chi connectivity index (χ1v) is 8.13. The SMILES string of the molecule is CC1CCC(N(C)C(=O)c2ccc3c(c2)C(=O)N(C)C3=O)CC1. The van der Waals surface area contributed by atoms with Crippen LogP contribution in [0.25, 0.3) is 0 Å². The van der Waals surface area contributed by atoms with Gasteiger partial charge in [-0.15, -0.1) is 0 Å². The molecule has 5 heteroatoms. The summed E-state index contributed by atoms with van der Waals surface area (Å²) >= 11 is 0. The van der Waals surface area contributed by atoms with E-state index in [0.29, 0.717) is 16.7 Å². The molecule has 0 aromatic heterocycles. The molecule has 1 aromatic rings. The molecular weight excluding hydrogens is 292 g/mol. The van der Waals surface area contributed by atoms with E-state index in [1.165, 1.54) is 7.05 Å². The van der Waals surface area contributed by atoms with E-state index in [1.54, 1.807) is 23.1 Å². The Balaban J connectivity index is 1.81. The standard InChI is InChI=1S/C18H22N2O3/c1-11-4-7-13(8-5-11)19(2)16(21)12-6-9-14-15(10-12)18(23)20(3)17(14)22/h6,9-11,13H,4-5,7-8H2,1-3H3. The Labute approximate surface area is 136 Å². The van der Waals surface area contributed by atoms with E-state index in [0.717, 1.165) is 36.5 Å². The Morgan fingerprint density at radius 2 is 1.70 bits per heavy atom. The third-order valence-electron chi connectivity index (χ3n) is 5.19. The first kappa shape index (κ1) is 15.7. The number of imide groups is 1. The molecule has 0 N–H and O–H groups in total. The molecule has 3 amide bonds. The first-order valence-electron chi connectivity index (χ1n) is 8.13. The molecule has 3 rings (SSSR count). The zero-order valence-corrected chi connectivity index (χ0v) is 13.8. The summed E-state index contributed by atoms with van der Waals surface area (Å²) < 4.78 is 0. The summed E-state index contributed by atoms with van der Waals surface area (Å²) in [5.41, 5.74) is 1.18. The highest BCUT2D eigenvalue weighted by molar-refractivity contribution is 6.21. The second-order valence-corrected chi connectivity index (χ2v) is 6.76. The lowest BCUT2D eigenvalue weighted by Crippen LogP contribution is -2.39. The smallest absolute Gasteiger partial charge is 0.261 e. The topological polar surface area (TPSA) is 57.7 Å². The summed E-state index contributed by atoms with van der Waals surface area (Å²) in [4.78, 5) is 39.6. The third-order valence-corrected chi connectivity index (χ3v) is 5.19. The highest BCUT2D eigenvalue weighted by Gasteiger charge is 2.34. The predicted octanol–water partition coefficient (Wildman–Crippen LogP) is 2.56. The summed E-state index contributed by atoms with van der Waals surface area (Å²) in [6.07, 6.45) is 4.33. The summed E-state index contributed by atoms with van der Waals surface area (Å²) in [7, 11) is 3.29. The van der Waals surface area contributed by atoms with Gasteiger partial charge < -0.3 is 4.90 Å². The van der Waals surface area contributed by atoms with Crippen molar-refractivity contribution in [1.29, 1.82) is 0 Å². The highest BCUT2D eigenvalue weighted by Crippen LogP contribution is 2.28. The summed E-state index contributed by atoms with van der Waals surface area (Å²) in [5.74, 6) is 0.00323. The Morgan fingerprint density at radius 1 is 1.09 bits per heavy atom. The van der Waals surface area contributed by atoms with E-state index in [2.05, 4.69) is 6.92 Å². The van der Waals surface area contributed by atoms with Gasteiger partial charge in [0.05, 0.1) is 11.1 Å². The van der Waals surface area contributed by atoms with Gasteiger partial charge in [-0.3, -0.25) is 19.3 Å². The van der Waals surface area contributed by atoms with Crippen LogP contribution in [0.2, 0.25) is 0 Å². The molecule has 1 fully saturated rings. The minimum absolute atomic E-state index is 0.0813. The number of amides is 3. The summed E-state index contributed by atoms with van der Waals surface area (Å²) in [6.45, 7) is 2.25. The predicted molar refractivity (Wildman–Crippen MR) is 86.4 cm³/mol. The average molecular weight is 314 g/mol. The minimum atomic E-state index is -0.339. The lowest BCUT2D eigenvalue weighted by Gasteiger charge is -2.33. The quantitative estimate of drug-likeness (QED) is 0.788. The van der Waals surface area contributed by atoms with E-state index < -0.39 is 0 Å². The maximum Gasteiger partial charge on any atom is 0.261 e. The van der Waals surface area contributed by atoms with Crippen molar-refractivity contribution in [3.05, 3.63) is 34.9 Å². The van der Waals surface area contributed by atoms with E-state index in [4.69, 9.17) is 0 Å². The molecule has 1 aromatic carbocycles. The van der Waals surface area contributed by atoms with Crippen LogP contribution in [0.3, 0.4) is 0 Å². The normalized spacial score (nSPS) is 23.9. The second kappa shape index (κ2) is 5.80. The van der Waals surface area contributed by atoms with Crippen LogP contribution < -0.4 is 0 Å². The fraction of sp³-hybridized carbons (Fsp3) is 0.500. The van der Waals surface area contributed by atoms with Crippen molar-refractivity contribution in [2.75, 3.05) is 14.1 Å². The number of fused-ring (bicyclic) bond motifs is 1. The highest BCUT2D eigenvalue weighted by atomic mass is 16.2. The Hall–Kier alpha value is -2.17. The van der Waals surface area contributed by atoms with Gasteiger partial charge in [-0.2, -0.15) is 0 Å². The number of rotatable bonds is 2. The molecule has 2 aliphatic rings. The number of benzene rings is 1. The van der Waals surface area contributed by atoms with Crippen LogP contribution in [0.1, 0.15) is 63.7 Å². The van der Waals surface area contributed by atoms with E-state index in [1.807, 2.05) is 7.05 Å². The molecule has 23 heavy (non-hydrogen) atoms. The average Bonchev–Trinajstić information content (AvgIpc) is 2.78. The van der Waals surface area contributed by atoms with Crippen molar-refractivity contribution < 1.29 is 14.4 Å². The molecule has 0 unspecified atom stereocenters. The fourth-order valence-electron chi connectivity index (χ4n) is 3.49. The molecule has 0 spiro atoms. The van der Waals surface area contributed by atoms with Crippen LogP contribution in [0.15, 0.2) is 18.2 Å². The van der Waals surface area contributed by atoms with Crippen LogP contribution in [0.4, 0.5) is 0 Å². The lowest BCUT2D eigenvalue weighted by atomic mass is 9.86. The molecule has 0 atom stereocenters. The summed E-state index contributed by atoms with van der Waals surface area (Å²) in [6, 6.07) is 5.05. The fourth-order valence-corrected chi connectivity index (χ4v) is 3.49. The van der Waals surface area contributed by atoms with Crippen molar-refractivity contribution >= 4 is 17.7 Å². The van der Waals surface area contributed by atoms with Gasteiger partial charge in [0, 0.05) is 25.7 Å². The van der Waals surface area contributed by atoms with Gasteiger partial charge in [-0.25, -0.2) is 0 Å². The lowest BCUT2D eigenvalue weighted by molar-refractivity contribution is 0.0676. The van der Waals surface area contributed by atoms with E-state index >= 15 is 0 Å². The number of nitrogens with zero attached hydrogens (tertiary/aromatic N) is 2. The van der Waals surface area contributed by atoms with Gasteiger partial charge in [0.25, 0.3) is 17.7 Å².